The minimum absolute atomic E-state index is 0.175. The Hall–Kier alpha value is -2.42. The lowest BCUT2D eigenvalue weighted by Gasteiger charge is -2.44. The van der Waals surface area contributed by atoms with Gasteiger partial charge >= 0.3 is 6.09 Å². The third-order valence-corrected chi connectivity index (χ3v) is 5.10. The van der Waals surface area contributed by atoms with Crippen LogP contribution in [0.2, 0.25) is 0 Å². The number of ether oxygens (including phenoxy) is 1. The highest BCUT2D eigenvalue weighted by Gasteiger charge is 2.49. The van der Waals surface area contributed by atoms with Crippen molar-refractivity contribution in [2.75, 3.05) is 26.2 Å². The quantitative estimate of drug-likeness (QED) is 0.855. The molecule has 0 saturated carbocycles. The number of carbonyl (C=O) groups excluding carboxylic acids is 1. The first-order valence-electron chi connectivity index (χ1n) is 8.10. The average molecular weight is 332 g/mol. The van der Waals surface area contributed by atoms with Crippen molar-refractivity contribution in [3.05, 3.63) is 22.4 Å². The molecule has 0 radical (unpaired) electrons. The smallest absolute Gasteiger partial charge is 0.410 e. The number of hydrogen-bond donors (Lipinski definition) is 1. The van der Waals surface area contributed by atoms with Gasteiger partial charge in [-0.2, -0.15) is 5.10 Å². The van der Waals surface area contributed by atoms with Crippen molar-refractivity contribution in [3.63, 3.8) is 0 Å². The van der Waals surface area contributed by atoms with Gasteiger partial charge in [-0.3, -0.25) is 19.3 Å². The molecule has 24 heavy (non-hydrogen) atoms. The van der Waals surface area contributed by atoms with Crippen LogP contribution in [-0.2, 0) is 18.3 Å². The third-order valence-electron chi connectivity index (χ3n) is 5.10. The zero-order valence-electron chi connectivity index (χ0n) is 13.8. The molecule has 4 heterocycles. The number of nitrogens with zero attached hydrogens (tertiary/aromatic N) is 5. The summed E-state index contributed by atoms with van der Waals surface area (Å²) in [6.45, 7) is 5.08. The van der Waals surface area contributed by atoms with Gasteiger partial charge < -0.3 is 9.72 Å². The Kier molecular flexibility index (Phi) is 3.34. The van der Waals surface area contributed by atoms with Crippen LogP contribution in [0.3, 0.4) is 0 Å². The summed E-state index contributed by atoms with van der Waals surface area (Å²) >= 11 is 0. The van der Waals surface area contributed by atoms with Gasteiger partial charge in [0.1, 0.15) is 17.8 Å². The molecule has 2 aliphatic rings. The van der Waals surface area contributed by atoms with Gasteiger partial charge in [-0.15, -0.1) is 0 Å². The van der Waals surface area contributed by atoms with Gasteiger partial charge in [0.15, 0.2) is 5.65 Å². The number of H-pyrrole nitrogens is 1. The van der Waals surface area contributed by atoms with Gasteiger partial charge in [-0.1, -0.05) is 6.92 Å². The second-order valence-electron chi connectivity index (χ2n) is 6.51. The zero-order chi connectivity index (χ0) is 16.9. The maximum atomic E-state index is 12.2. The molecule has 1 unspecified atom stereocenters. The second kappa shape index (κ2) is 5.30. The Bertz CT molecular complexity index is 859. The molecule has 4 rings (SSSR count). The largest absolute Gasteiger partial charge is 0.447 e. The van der Waals surface area contributed by atoms with Crippen LogP contribution < -0.4 is 5.56 Å². The van der Waals surface area contributed by atoms with E-state index < -0.39 is 0 Å². The SMILES string of the molecule is CCC12COC(=O)N1CCN(Cc1nc3c(cnn3C)c(=O)[nH]1)C2. The van der Waals surface area contributed by atoms with Gasteiger partial charge in [-0.25, -0.2) is 9.78 Å². The highest BCUT2D eigenvalue weighted by atomic mass is 16.6. The summed E-state index contributed by atoms with van der Waals surface area (Å²) < 4.78 is 6.85. The van der Waals surface area contributed by atoms with Gasteiger partial charge in [0, 0.05) is 26.7 Å². The predicted octanol–water partition coefficient (Wildman–Crippen LogP) is 0.0732. The summed E-state index contributed by atoms with van der Waals surface area (Å²) in [5, 5.41) is 4.57. The van der Waals surface area contributed by atoms with Crippen LogP contribution in [0.4, 0.5) is 4.79 Å². The number of carbonyl (C=O) groups is 1. The molecule has 9 nitrogen and oxygen atoms in total. The van der Waals surface area contributed by atoms with Crippen molar-refractivity contribution in [2.24, 2.45) is 7.05 Å². The molecule has 2 saturated heterocycles. The van der Waals surface area contributed by atoms with E-state index in [2.05, 4.69) is 26.9 Å². The highest BCUT2D eigenvalue weighted by Crippen LogP contribution is 2.32. The summed E-state index contributed by atoms with van der Waals surface area (Å²) in [6, 6.07) is 0. The highest BCUT2D eigenvalue weighted by molar-refractivity contribution is 5.73. The van der Waals surface area contributed by atoms with E-state index in [-0.39, 0.29) is 17.2 Å². The van der Waals surface area contributed by atoms with E-state index in [1.54, 1.807) is 11.7 Å². The number of hydrogen-bond acceptors (Lipinski definition) is 6. The van der Waals surface area contributed by atoms with Crippen molar-refractivity contribution in [1.29, 1.82) is 0 Å². The van der Waals surface area contributed by atoms with Gasteiger partial charge in [-0.05, 0) is 6.42 Å². The van der Waals surface area contributed by atoms with Gasteiger partial charge in [0.05, 0.1) is 18.3 Å². The zero-order valence-corrected chi connectivity index (χ0v) is 13.8. The Morgan fingerprint density at radius 2 is 2.21 bits per heavy atom. The second-order valence-corrected chi connectivity index (χ2v) is 6.51. The number of amides is 1. The van der Waals surface area contributed by atoms with Gasteiger partial charge in [0.25, 0.3) is 5.56 Å². The number of aromatic nitrogens is 4. The number of aryl methyl sites for hydroxylation is 1. The van der Waals surface area contributed by atoms with Crippen LogP contribution in [0.5, 0.6) is 0 Å². The fraction of sp³-hybridized carbons (Fsp3) is 0.600. The first-order valence-corrected chi connectivity index (χ1v) is 8.10. The van der Waals surface area contributed by atoms with Crippen molar-refractivity contribution < 1.29 is 9.53 Å². The summed E-state index contributed by atoms with van der Waals surface area (Å²) in [5.74, 6) is 0.612. The number of piperazine rings is 1. The topological polar surface area (TPSA) is 96.3 Å². The van der Waals surface area contributed by atoms with Crippen molar-refractivity contribution in [2.45, 2.75) is 25.4 Å². The predicted molar refractivity (Wildman–Crippen MR) is 85.5 cm³/mol. The van der Waals surface area contributed by atoms with Crippen LogP contribution in [0.25, 0.3) is 11.0 Å². The summed E-state index contributed by atoms with van der Waals surface area (Å²) in [4.78, 5) is 35.4. The Morgan fingerprint density at radius 3 is 3.00 bits per heavy atom. The fourth-order valence-corrected chi connectivity index (χ4v) is 3.65. The van der Waals surface area contributed by atoms with Crippen LogP contribution >= 0.6 is 0 Å². The minimum Gasteiger partial charge on any atom is -0.447 e. The molecule has 128 valence electrons. The molecule has 0 aromatic carbocycles. The average Bonchev–Trinajstić information content (AvgIpc) is 3.10. The van der Waals surface area contributed by atoms with E-state index in [1.807, 2.05) is 4.90 Å². The molecular formula is C15H20N6O3. The molecule has 1 atom stereocenters. The number of nitrogens with one attached hydrogen (secondary N) is 1. The fourth-order valence-electron chi connectivity index (χ4n) is 3.65. The standard InChI is InChI=1S/C15H20N6O3/c1-3-15-8-20(4-5-21(15)14(23)24-9-15)7-11-17-12-10(13(22)18-11)6-16-19(12)2/h6H,3-5,7-9H2,1-2H3,(H,17,18,22). The van der Waals surface area contributed by atoms with Crippen molar-refractivity contribution in [3.8, 4) is 0 Å². The van der Waals surface area contributed by atoms with E-state index in [1.165, 1.54) is 6.20 Å². The summed E-state index contributed by atoms with van der Waals surface area (Å²) in [7, 11) is 1.77. The number of fused-ring (bicyclic) bond motifs is 2. The molecule has 1 N–H and O–H groups in total. The molecule has 0 spiro atoms. The van der Waals surface area contributed by atoms with E-state index >= 15 is 0 Å². The first-order chi connectivity index (χ1) is 11.5. The lowest BCUT2D eigenvalue weighted by Crippen LogP contribution is -2.60. The molecule has 2 aromatic rings. The molecule has 2 fully saturated rings. The maximum Gasteiger partial charge on any atom is 0.410 e. The molecule has 0 aliphatic carbocycles. The molecular weight excluding hydrogens is 312 g/mol. The Labute approximate surface area is 138 Å². The number of aromatic amines is 1. The normalized spacial score (nSPS) is 24.4. The number of cyclic esters (lactones) is 1. The summed E-state index contributed by atoms with van der Waals surface area (Å²) in [6.07, 6.45) is 2.14. The van der Waals surface area contributed by atoms with Crippen LogP contribution in [0, 0.1) is 0 Å². The molecule has 2 aliphatic heterocycles. The molecule has 0 bridgehead atoms. The van der Waals surface area contributed by atoms with E-state index in [9.17, 15) is 9.59 Å². The monoisotopic (exact) mass is 332 g/mol. The molecule has 1 amide bonds. The Morgan fingerprint density at radius 1 is 1.38 bits per heavy atom. The first kappa shape index (κ1) is 15.1. The van der Waals surface area contributed by atoms with E-state index in [0.29, 0.717) is 43.1 Å². The van der Waals surface area contributed by atoms with Crippen molar-refractivity contribution in [1.82, 2.24) is 29.5 Å². The summed E-state index contributed by atoms with van der Waals surface area (Å²) in [5.41, 5.74) is 0.134. The lowest BCUT2D eigenvalue weighted by atomic mass is 9.93. The van der Waals surface area contributed by atoms with Crippen LogP contribution in [0.1, 0.15) is 19.2 Å². The maximum absolute atomic E-state index is 12.2. The molecule has 9 heteroatoms. The minimum atomic E-state index is -0.272. The molecule has 2 aromatic heterocycles. The van der Waals surface area contributed by atoms with Crippen LogP contribution in [-0.4, -0.2) is 67.4 Å². The van der Waals surface area contributed by atoms with Crippen molar-refractivity contribution >= 4 is 17.1 Å². The third kappa shape index (κ3) is 2.19. The van der Waals surface area contributed by atoms with E-state index in [4.69, 9.17) is 4.74 Å². The van der Waals surface area contributed by atoms with Gasteiger partial charge in [0.2, 0.25) is 0 Å². The van der Waals surface area contributed by atoms with Crippen LogP contribution in [0.15, 0.2) is 11.0 Å². The number of rotatable bonds is 3. The Balaban J connectivity index is 1.59. The van der Waals surface area contributed by atoms with E-state index in [0.717, 1.165) is 13.0 Å². The lowest BCUT2D eigenvalue weighted by molar-refractivity contribution is 0.0437.